The SMILES string of the molecule is CCn1ncc(C(=O)O)c1COc1cccc(O)c1. The van der Waals surface area contributed by atoms with Crippen molar-refractivity contribution in [3.05, 3.63) is 41.7 Å². The summed E-state index contributed by atoms with van der Waals surface area (Å²) in [5.41, 5.74) is 0.625. The van der Waals surface area contributed by atoms with Crippen LogP contribution in [-0.4, -0.2) is 26.0 Å². The van der Waals surface area contributed by atoms with Crippen molar-refractivity contribution in [3.63, 3.8) is 0 Å². The summed E-state index contributed by atoms with van der Waals surface area (Å²) < 4.78 is 7.06. The average Bonchev–Trinajstić information content (AvgIpc) is 2.79. The standard InChI is InChI=1S/C13H14N2O4/c1-2-15-12(11(7-14-15)13(17)18)8-19-10-5-3-4-9(16)6-10/h3-7,16H,2,8H2,1H3,(H,17,18). The van der Waals surface area contributed by atoms with Gasteiger partial charge >= 0.3 is 5.97 Å². The molecule has 0 amide bonds. The van der Waals surface area contributed by atoms with Gasteiger partial charge in [0.15, 0.2) is 0 Å². The predicted molar refractivity (Wildman–Crippen MR) is 67.3 cm³/mol. The Balaban J connectivity index is 2.19. The fraction of sp³-hybridized carbons (Fsp3) is 0.231. The van der Waals surface area contributed by atoms with Crippen LogP contribution in [0.15, 0.2) is 30.5 Å². The van der Waals surface area contributed by atoms with Crippen LogP contribution in [0.3, 0.4) is 0 Å². The number of nitrogens with zero attached hydrogens (tertiary/aromatic N) is 2. The third-order valence-corrected chi connectivity index (χ3v) is 2.67. The molecule has 100 valence electrons. The highest BCUT2D eigenvalue weighted by Crippen LogP contribution is 2.19. The fourth-order valence-electron chi connectivity index (χ4n) is 1.74. The minimum atomic E-state index is -1.03. The molecule has 6 nitrogen and oxygen atoms in total. The highest BCUT2D eigenvalue weighted by molar-refractivity contribution is 5.88. The number of aromatic carboxylic acids is 1. The number of aryl methyl sites for hydroxylation is 1. The Morgan fingerprint density at radius 3 is 2.89 bits per heavy atom. The summed E-state index contributed by atoms with van der Waals surface area (Å²) in [7, 11) is 0. The first kappa shape index (κ1) is 12.9. The molecule has 0 fully saturated rings. The second kappa shape index (κ2) is 5.43. The van der Waals surface area contributed by atoms with Crippen LogP contribution in [0.25, 0.3) is 0 Å². The normalized spacial score (nSPS) is 10.4. The molecule has 0 bridgehead atoms. The molecule has 0 saturated carbocycles. The first-order valence-corrected chi connectivity index (χ1v) is 5.81. The van der Waals surface area contributed by atoms with Gasteiger partial charge in [-0.2, -0.15) is 5.10 Å². The van der Waals surface area contributed by atoms with E-state index in [0.29, 0.717) is 18.0 Å². The van der Waals surface area contributed by atoms with Crippen molar-refractivity contribution in [3.8, 4) is 11.5 Å². The van der Waals surface area contributed by atoms with E-state index in [1.165, 1.54) is 18.3 Å². The van der Waals surface area contributed by atoms with Crippen molar-refractivity contribution >= 4 is 5.97 Å². The zero-order valence-electron chi connectivity index (χ0n) is 10.4. The van der Waals surface area contributed by atoms with Crippen molar-refractivity contribution in [2.24, 2.45) is 0 Å². The molecule has 0 radical (unpaired) electrons. The number of benzene rings is 1. The summed E-state index contributed by atoms with van der Waals surface area (Å²) in [6.45, 7) is 2.52. The Hall–Kier alpha value is -2.50. The predicted octanol–water partition coefficient (Wildman–Crippen LogP) is 1.89. The minimum Gasteiger partial charge on any atom is -0.508 e. The van der Waals surface area contributed by atoms with Crippen molar-refractivity contribution in [1.29, 1.82) is 0 Å². The van der Waals surface area contributed by atoms with Gasteiger partial charge in [-0.05, 0) is 19.1 Å². The monoisotopic (exact) mass is 262 g/mol. The molecule has 0 atom stereocenters. The Labute approximate surface area is 109 Å². The van der Waals surface area contributed by atoms with E-state index in [9.17, 15) is 9.90 Å². The van der Waals surface area contributed by atoms with E-state index in [4.69, 9.17) is 9.84 Å². The number of phenolic OH excluding ortho intramolecular Hbond substituents is 1. The smallest absolute Gasteiger partial charge is 0.339 e. The number of carboxylic acid groups (broad SMARTS) is 1. The summed E-state index contributed by atoms with van der Waals surface area (Å²) in [5.74, 6) is -0.464. The highest BCUT2D eigenvalue weighted by Gasteiger charge is 2.16. The van der Waals surface area contributed by atoms with E-state index in [0.717, 1.165) is 0 Å². The van der Waals surface area contributed by atoms with E-state index in [-0.39, 0.29) is 17.9 Å². The lowest BCUT2D eigenvalue weighted by Gasteiger charge is -2.09. The van der Waals surface area contributed by atoms with Crippen LogP contribution in [0.1, 0.15) is 23.0 Å². The van der Waals surface area contributed by atoms with Gasteiger partial charge in [-0.3, -0.25) is 4.68 Å². The maximum Gasteiger partial charge on any atom is 0.339 e. The van der Waals surface area contributed by atoms with E-state index >= 15 is 0 Å². The van der Waals surface area contributed by atoms with Crippen molar-refractivity contribution in [2.75, 3.05) is 0 Å². The molecule has 2 N–H and O–H groups in total. The number of hydrogen-bond donors (Lipinski definition) is 2. The van der Waals surface area contributed by atoms with Crippen molar-refractivity contribution in [1.82, 2.24) is 9.78 Å². The average molecular weight is 262 g/mol. The van der Waals surface area contributed by atoms with Gasteiger partial charge in [-0.15, -0.1) is 0 Å². The molecule has 19 heavy (non-hydrogen) atoms. The lowest BCUT2D eigenvalue weighted by molar-refractivity contribution is 0.0693. The van der Waals surface area contributed by atoms with Crippen molar-refractivity contribution in [2.45, 2.75) is 20.1 Å². The van der Waals surface area contributed by atoms with Crippen LogP contribution in [0.5, 0.6) is 11.5 Å². The molecule has 0 aliphatic rings. The van der Waals surface area contributed by atoms with Crippen molar-refractivity contribution < 1.29 is 19.7 Å². The van der Waals surface area contributed by atoms with Crippen LogP contribution in [-0.2, 0) is 13.2 Å². The molecule has 2 aromatic rings. The summed E-state index contributed by atoms with van der Waals surface area (Å²) in [4.78, 5) is 11.1. The van der Waals surface area contributed by atoms with Gasteiger partial charge in [0.05, 0.1) is 11.9 Å². The van der Waals surface area contributed by atoms with E-state index in [2.05, 4.69) is 5.10 Å². The van der Waals surface area contributed by atoms with Gasteiger partial charge in [-0.1, -0.05) is 6.07 Å². The summed E-state index contributed by atoms with van der Waals surface area (Å²) in [6, 6.07) is 6.34. The van der Waals surface area contributed by atoms with Crippen LogP contribution >= 0.6 is 0 Å². The molecular weight excluding hydrogens is 248 g/mol. The summed E-state index contributed by atoms with van der Waals surface area (Å²) in [6.07, 6.45) is 1.31. The van der Waals surface area contributed by atoms with Crippen LogP contribution in [0.2, 0.25) is 0 Å². The Kier molecular flexibility index (Phi) is 3.70. The highest BCUT2D eigenvalue weighted by atomic mass is 16.5. The molecule has 0 saturated heterocycles. The number of aromatic hydroxyl groups is 1. The second-order valence-corrected chi connectivity index (χ2v) is 3.91. The van der Waals surface area contributed by atoms with Crippen LogP contribution in [0, 0.1) is 0 Å². The lowest BCUT2D eigenvalue weighted by Crippen LogP contribution is -2.10. The Morgan fingerprint density at radius 1 is 1.47 bits per heavy atom. The maximum atomic E-state index is 11.1. The van der Waals surface area contributed by atoms with E-state index in [1.54, 1.807) is 16.8 Å². The number of aromatic nitrogens is 2. The number of ether oxygens (including phenoxy) is 1. The molecule has 1 aromatic heterocycles. The maximum absolute atomic E-state index is 11.1. The number of phenols is 1. The summed E-state index contributed by atoms with van der Waals surface area (Å²) >= 11 is 0. The van der Waals surface area contributed by atoms with Gasteiger partial charge in [0.2, 0.25) is 0 Å². The zero-order valence-corrected chi connectivity index (χ0v) is 10.4. The second-order valence-electron chi connectivity index (χ2n) is 3.91. The Morgan fingerprint density at radius 2 is 2.26 bits per heavy atom. The topological polar surface area (TPSA) is 84.6 Å². The molecule has 1 aromatic carbocycles. The number of rotatable bonds is 5. The van der Waals surface area contributed by atoms with Gasteiger partial charge < -0.3 is 14.9 Å². The van der Waals surface area contributed by atoms with Gasteiger partial charge in [0.25, 0.3) is 0 Å². The minimum absolute atomic E-state index is 0.0823. The van der Waals surface area contributed by atoms with E-state index < -0.39 is 5.97 Å². The largest absolute Gasteiger partial charge is 0.508 e. The summed E-state index contributed by atoms with van der Waals surface area (Å²) in [5, 5.41) is 22.4. The number of hydrogen-bond acceptors (Lipinski definition) is 4. The first-order chi connectivity index (χ1) is 9.11. The molecule has 2 rings (SSSR count). The molecule has 0 spiro atoms. The van der Waals surface area contributed by atoms with Crippen LogP contribution < -0.4 is 4.74 Å². The molecular formula is C13H14N2O4. The molecule has 6 heteroatoms. The number of carbonyl (C=O) groups is 1. The lowest BCUT2D eigenvalue weighted by atomic mass is 10.2. The van der Waals surface area contributed by atoms with E-state index in [1.807, 2.05) is 6.92 Å². The fourth-order valence-corrected chi connectivity index (χ4v) is 1.74. The molecule has 0 aliphatic carbocycles. The van der Waals surface area contributed by atoms with Gasteiger partial charge in [0, 0.05) is 12.6 Å². The molecule has 0 aliphatic heterocycles. The molecule has 1 heterocycles. The number of carboxylic acids is 1. The first-order valence-electron chi connectivity index (χ1n) is 5.81. The van der Waals surface area contributed by atoms with Gasteiger partial charge in [0.1, 0.15) is 23.7 Å². The van der Waals surface area contributed by atoms with Crippen LogP contribution in [0.4, 0.5) is 0 Å². The quantitative estimate of drug-likeness (QED) is 0.859. The van der Waals surface area contributed by atoms with Gasteiger partial charge in [-0.25, -0.2) is 4.79 Å². The third-order valence-electron chi connectivity index (χ3n) is 2.67. The zero-order chi connectivity index (χ0) is 13.8. The third kappa shape index (κ3) is 2.85. The molecule has 0 unspecified atom stereocenters. The Bertz CT molecular complexity index is 592.